The molecule has 4 heterocycles. The molecule has 14 aromatic rings. The molecule has 0 spiro atoms. The summed E-state index contributed by atoms with van der Waals surface area (Å²) in [4.78, 5) is 4.53. The average molecular weight is 1320 g/mol. The summed E-state index contributed by atoms with van der Waals surface area (Å²) in [6.45, 7) is -15.5. The maximum absolute atomic E-state index is 11.4. The van der Waals surface area contributed by atoms with Crippen LogP contribution in [-0.4, -0.2) is 22.2 Å². The number of rotatable bonds is 9. The van der Waals surface area contributed by atoms with Crippen LogP contribution in [0.25, 0.3) is 94.5 Å². The second-order valence-electron chi connectivity index (χ2n) is 19.0. The van der Waals surface area contributed by atoms with Crippen molar-refractivity contribution in [3.05, 3.63) is 296 Å². The molecule has 5 nitrogen and oxygen atoms in total. The Morgan fingerprint density at radius 3 is 1.90 bits per heavy atom. The van der Waals surface area contributed by atoms with E-state index in [2.05, 4.69) is 17.1 Å². The molecule has 0 radical (unpaired) electrons. The van der Waals surface area contributed by atoms with E-state index in [0.717, 1.165) is 35.2 Å². The van der Waals surface area contributed by atoms with Crippen molar-refractivity contribution in [1.29, 1.82) is 0 Å². The molecular formula is C77H57N4OPtSi-. The van der Waals surface area contributed by atoms with Crippen LogP contribution in [0.1, 0.15) is 85.1 Å². The Balaban J connectivity index is 0.0000123. The number of para-hydroxylation sites is 2. The van der Waals surface area contributed by atoms with Gasteiger partial charge in [-0.05, 0) is 108 Å². The Kier molecular flexibility index (Phi) is 6.31. The standard InChI is InChI=1S/C77H57N4OSi.Pt/c1-52-43-44-78-74(45-52)81-71-38-20-19-35-65(71)66-41-39-57(49-72(66)81)82-56-26-21-25-55(48-56)79-51-80-75-67(36-22-37-70(75)77(2,3)4)68-50-61(83(58-27-11-6-12-28-58,59-29-13-7-14-30-59)60-31-15-8-16-32-60)40-42-64(68)62-33-17-18-34-63(62)69-46-54(47-73(79)76(69)80)53-23-9-5-10-24-53;/h5-47,50-51H,1-4H3;/q-1;/i1D3,2D3,3D3,4D3,5D,6D,7D,8D,9D,10D,11D,12D,13D,14D,15D,16D,17D,18D,23D,24D,27D,28D,29D,30D,31D,32D,33D,34D,40D,42D,50D;. The molecule has 1 aliphatic rings. The van der Waals surface area contributed by atoms with E-state index in [0.29, 0.717) is 21.8 Å². The maximum atomic E-state index is 11.4. The van der Waals surface area contributed by atoms with Gasteiger partial charge in [0.15, 0.2) is 19.1 Å². The Hall–Kier alpha value is -9.45. The minimum Gasteiger partial charge on any atom is -0.509 e. The van der Waals surface area contributed by atoms with E-state index in [1.807, 2.05) is 6.07 Å². The van der Waals surface area contributed by atoms with Gasteiger partial charge in [-0.25, -0.2) is 9.55 Å². The van der Waals surface area contributed by atoms with Gasteiger partial charge in [0.2, 0.25) is 0 Å². The molecule has 1 aliphatic heterocycles. The Morgan fingerprint density at radius 2 is 1.19 bits per heavy atom. The maximum Gasteiger partial charge on any atom is 0.253 e. The Bertz CT molecular complexity index is 6670. The zero-order valence-electron chi connectivity index (χ0n) is 81.9. The predicted octanol–water partition coefficient (Wildman–Crippen LogP) is 15.8. The van der Waals surface area contributed by atoms with Crippen molar-refractivity contribution < 1.29 is 83.8 Å². The van der Waals surface area contributed by atoms with Crippen LogP contribution in [0.4, 0.5) is 0 Å². The van der Waals surface area contributed by atoms with E-state index in [1.54, 1.807) is 28.8 Å². The number of aryl methyl sites for hydroxylation is 1. The number of fused-ring (bicyclic) bond motifs is 10. The summed E-state index contributed by atoms with van der Waals surface area (Å²) >= 11 is 0. The first-order chi connectivity index (χ1) is 56.9. The van der Waals surface area contributed by atoms with Crippen LogP contribution in [0, 0.1) is 19.0 Å². The fourth-order valence-electron chi connectivity index (χ4n) is 10.9. The van der Waals surface area contributed by atoms with Gasteiger partial charge < -0.3 is 9.30 Å². The molecule has 15 rings (SSSR count). The second-order valence-corrected chi connectivity index (χ2v) is 22.5. The third kappa shape index (κ3) is 8.70. The minimum atomic E-state index is -6.89. The number of hydrogen-bond donors (Lipinski definition) is 0. The van der Waals surface area contributed by atoms with E-state index < -0.39 is 286 Å². The molecule has 0 atom stereocenters. The molecule has 3 aromatic heterocycles. The van der Waals surface area contributed by atoms with Crippen molar-refractivity contribution in [3.63, 3.8) is 0 Å². The van der Waals surface area contributed by atoms with Crippen molar-refractivity contribution in [2.24, 2.45) is 0 Å². The molecule has 0 unspecified atom stereocenters. The largest absolute Gasteiger partial charge is 0.509 e. The van der Waals surface area contributed by atoms with Crippen LogP contribution >= 0.6 is 0 Å². The minimum absolute atomic E-state index is 0. The number of pyridine rings is 1. The quantitative estimate of drug-likeness (QED) is 0.0625. The summed E-state index contributed by atoms with van der Waals surface area (Å²) in [5.74, 6) is -0.0499. The zero-order chi connectivity index (χ0) is 89.3. The number of hydrogen-bond acceptors (Lipinski definition) is 2. The molecule has 0 aliphatic carbocycles. The fraction of sp³-hybridized carbons (Fsp3) is 0.0649. The first-order valence-electron chi connectivity index (χ1n) is 44.8. The van der Waals surface area contributed by atoms with Gasteiger partial charge in [-0.3, -0.25) is 0 Å². The molecule has 0 saturated heterocycles. The second kappa shape index (κ2) is 21.1. The summed E-state index contributed by atoms with van der Waals surface area (Å²) in [6, 6.07) is -5.45. The average Bonchev–Trinajstić information content (AvgIpc) is 1.67. The molecular weight excluding hydrogens is 1220 g/mol. The van der Waals surface area contributed by atoms with E-state index >= 15 is 0 Å². The summed E-state index contributed by atoms with van der Waals surface area (Å²) in [6.07, 6.45) is 2.36. The van der Waals surface area contributed by atoms with Crippen LogP contribution in [0.5, 0.6) is 11.5 Å². The first-order valence-corrected chi connectivity index (χ1v) is 27.3. The molecule has 11 aromatic carbocycles. The Morgan fingerprint density at radius 1 is 0.536 bits per heavy atom. The number of nitrogens with zero attached hydrogens (tertiary/aromatic N) is 4. The first kappa shape index (κ1) is 25.2. The van der Waals surface area contributed by atoms with Crippen molar-refractivity contribution in [2.45, 2.75) is 32.8 Å². The van der Waals surface area contributed by atoms with E-state index in [9.17, 15) is 41.1 Å². The topological polar surface area (TPSA) is 35.9 Å². The number of aromatic nitrogens is 4. The molecule has 84 heavy (non-hydrogen) atoms. The van der Waals surface area contributed by atoms with Crippen molar-refractivity contribution in [2.75, 3.05) is 0 Å². The number of imidazole rings is 1. The molecule has 0 bridgehead atoms. The zero-order valence-corrected chi connectivity index (χ0v) is 46.2. The molecule has 406 valence electrons. The van der Waals surface area contributed by atoms with Crippen LogP contribution in [0.2, 0.25) is 0 Å². The van der Waals surface area contributed by atoms with Crippen molar-refractivity contribution >= 4 is 61.7 Å². The van der Waals surface area contributed by atoms with Crippen LogP contribution in [0.3, 0.4) is 0 Å². The summed E-state index contributed by atoms with van der Waals surface area (Å²) in [7, 11) is -6.89. The van der Waals surface area contributed by atoms with Gasteiger partial charge in [0.1, 0.15) is 11.5 Å². The summed E-state index contributed by atoms with van der Waals surface area (Å²) in [5.41, 5.74) is -13.5. The van der Waals surface area contributed by atoms with Crippen LogP contribution in [0.15, 0.2) is 273 Å². The molecule has 0 fully saturated rings. The third-order valence-corrected chi connectivity index (χ3v) is 18.3. The summed E-state index contributed by atoms with van der Waals surface area (Å²) in [5, 5.41) is -4.05. The Labute approximate surface area is 560 Å². The van der Waals surface area contributed by atoms with Gasteiger partial charge in [-0.15, -0.1) is 29.7 Å². The molecule has 0 amide bonds. The van der Waals surface area contributed by atoms with Crippen LogP contribution < -0.4 is 30.1 Å². The smallest absolute Gasteiger partial charge is 0.253 e. The van der Waals surface area contributed by atoms with Gasteiger partial charge in [-0.1, -0.05) is 232 Å². The van der Waals surface area contributed by atoms with E-state index in [-0.39, 0.29) is 55.1 Å². The summed E-state index contributed by atoms with van der Waals surface area (Å²) < 4.78 is 381. The van der Waals surface area contributed by atoms with E-state index in [4.69, 9.17) is 17.1 Å². The number of ether oxygens (including phenoxy) is 1. The molecule has 0 N–H and O–H groups in total. The number of benzene rings is 11. The van der Waals surface area contributed by atoms with Gasteiger partial charge >= 0.3 is 0 Å². The monoisotopic (exact) mass is 1320 g/mol. The van der Waals surface area contributed by atoms with Crippen molar-refractivity contribution in [1.82, 2.24) is 14.1 Å². The fourth-order valence-corrected chi connectivity index (χ4v) is 14.5. The SMILES string of the molecule is [2H]c1c([2H])c([2H])c(-c2cc3c4c(c2)n(-c2[c-]c(Oc5[c-]c6c(cc5)c5ccccc5n6-c5cc(C([2H])([2H])[2H])ccn5)ccc2)c[n+]4-c2c(cccc2C(C([2H])([2H])[2H])(C([2H])([2H])[2H])C([2H])([2H])[2H])-c2c([2H])c([Si](c4c([2H])c([2H])c([2H])c([2H])c4[2H])(c4c([2H])c([2H])c([2H])c([2H])c4[2H])c4c([2H])c([2H])c([2H])c([2H])c4[2H])c([2H])c([2H])c2-c2c([2H])c([2H])c([2H])c([2H])c2-3)c([2H])c1[2H].[Pt]. The van der Waals surface area contributed by atoms with Gasteiger partial charge in [0, 0.05) is 83.1 Å². The van der Waals surface area contributed by atoms with Crippen molar-refractivity contribution in [3.8, 4) is 73.2 Å². The van der Waals surface area contributed by atoms with Crippen LogP contribution in [-0.2, 0) is 26.5 Å². The predicted molar refractivity (Wildman–Crippen MR) is 343 cm³/mol. The molecule has 7 heteroatoms. The molecule has 0 saturated carbocycles. The van der Waals surface area contributed by atoms with Gasteiger partial charge in [0.25, 0.3) is 6.33 Å². The normalized spacial score (nSPS) is 19.2. The van der Waals surface area contributed by atoms with E-state index in [1.165, 1.54) is 53.2 Å². The van der Waals surface area contributed by atoms with Gasteiger partial charge in [0.05, 0.1) is 37.0 Å². The third-order valence-electron chi connectivity index (χ3n) is 14.3. The van der Waals surface area contributed by atoms with Gasteiger partial charge in [-0.2, -0.15) is 16.7 Å².